The van der Waals surface area contributed by atoms with Crippen molar-refractivity contribution in [3.63, 3.8) is 0 Å². The highest BCUT2D eigenvalue weighted by Gasteiger charge is 2.25. The third-order valence-corrected chi connectivity index (χ3v) is 6.70. The van der Waals surface area contributed by atoms with Gasteiger partial charge in [0.15, 0.2) is 0 Å². The summed E-state index contributed by atoms with van der Waals surface area (Å²) in [6, 6.07) is 23.8. The number of anilines is 1. The molecule has 0 saturated carbocycles. The van der Waals surface area contributed by atoms with Gasteiger partial charge in [-0.3, -0.25) is 9.59 Å². The second-order valence-electron chi connectivity index (χ2n) is 8.05. The molecule has 2 heterocycles. The van der Waals surface area contributed by atoms with Crippen LogP contribution in [0, 0.1) is 0 Å². The number of aromatic nitrogens is 2. The van der Waals surface area contributed by atoms with Crippen LogP contribution in [0.2, 0.25) is 0 Å². The van der Waals surface area contributed by atoms with E-state index in [1.165, 1.54) is 0 Å². The van der Waals surface area contributed by atoms with Crippen molar-refractivity contribution in [2.45, 2.75) is 31.0 Å². The molecule has 0 atom stereocenters. The number of rotatable bonds is 7. The maximum Gasteiger partial charge on any atom is 0.242 e. The number of nitrogens with one attached hydrogen (secondary N) is 2. The van der Waals surface area contributed by atoms with Crippen molar-refractivity contribution in [1.82, 2.24) is 15.1 Å². The Bertz CT molecular complexity index is 1310. The molecule has 1 aromatic heterocycles. The van der Waals surface area contributed by atoms with Gasteiger partial charge >= 0.3 is 0 Å². The fraction of sp³-hybridized carbons (Fsp3) is 0.192. The van der Waals surface area contributed by atoms with Gasteiger partial charge in [-0.2, -0.15) is 16.9 Å². The van der Waals surface area contributed by atoms with Crippen molar-refractivity contribution in [3.8, 4) is 0 Å². The van der Waals surface area contributed by atoms with Crippen molar-refractivity contribution in [3.05, 3.63) is 95.2 Å². The maximum atomic E-state index is 13.0. The van der Waals surface area contributed by atoms with Crippen molar-refractivity contribution in [2.75, 3.05) is 5.32 Å². The lowest BCUT2D eigenvalue weighted by Crippen LogP contribution is -2.29. The number of carbonyl (C=O) groups is 2. The molecule has 0 bridgehead atoms. The summed E-state index contributed by atoms with van der Waals surface area (Å²) in [7, 11) is 0. The van der Waals surface area contributed by atoms with E-state index in [0.29, 0.717) is 12.4 Å². The van der Waals surface area contributed by atoms with Gasteiger partial charge in [0.2, 0.25) is 11.8 Å². The van der Waals surface area contributed by atoms with E-state index in [1.54, 1.807) is 16.4 Å². The van der Waals surface area contributed by atoms with Gasteiger partial charge in [0.25, 0.3) is 0 Å². The molecule has 1 aliphatic heterocycles. The van der Waals surface area contributed by atoms with E-state index in [4.69, 9.17) is 0 Å². The molecule has 0 unspecified atom stereocenters. The molecule has 1 aliphatic rings. The van der Waals surface area contributed by atoms with Gasteiger partial charge in [-0.25, -0.2) is 4.68 Å². The molecule has 0 fully saturated rings. The van der Waals surface area contributed by atoms with Crippen LogP contribution in [0.25, 0.3) is 10.8 Å². The van der Waals surface area contributed by atoms with Crippen LogP contribution in [0.4, 0.5) is 5.82 Å². The lowest BCUT2D eigenvalue weighted by molar-refractivity contribution is -0.122. The molecular weight excluding hydrogens is 432 g/mol. The van der Waals surface area contributed by atoms with Crippen molar-refractivity contribution in [2.24, 2.45) is 0 Å². The number of fused-ring (bicyclic) bond motifs is 2. The number of hydrogen-bond donors (Lipinski definition) is 2. The number of amides is 2. The van der Waals surface area contributed by atoms with Crippen molar-refractivity contribution < 1.29 is 9.59 Å². The minimum atomic E-state index is -0.141. The van der Waals surface area contributed by atoms with Gasteiger partial charge in [-0.15, -0.1) is 0 Å². The second kappa shape index (κ2) is 9.50. The van der Waals surface area contributed by atoms with Crippen LogP contribution in [0.1, 0.15) is 22.4 Å². The molecule has 4 aromatic rings. The molecule has 3 aromatic carbocycles. The zero-order chi connectivity index (χ0) is 22.6. The Hall–Kier alpha value is -3.58. The van der Waals surface area contributed by atoms with Crippen LogP contribution >= 0.6 is 11.8 Å². The molecule has 0 spiro atoms. The van der Waals surface area contributed by atoms with Gasteiger partial charge in [-0.05, 0) is 21.9 Å². The molecule has 0 aliphatic carbocycles. The molecule has 5 rings (SSSR count). The Labute approximate surface area is 196 Å². The van der Waals surface area contributed by atoms with E-state index in [9.17, 15) is 9.59 Å². The zero-order valence-electron chi connectivity index (χ0n) is 18.1. The molecule has 0 radical (unpaired) electrons. The van der Waals surface area contributed by atoms with Crippen LogP contribution in [0.15, 0.2) is 72.8 Å². The standard InChI is InChI=1S/C26H24N4O2S/c31-24(13-20-11-6-10-19-9-4-5-12-21(19)20)28-26-22-16-33-17-23(22)29-30(26)15-25(32)27-14-18-7-2-1-3-8-18/h1-12H,13-17H2,(H,27,32)(H,28,31). The summed E-state index contributed by atoms with van der Waals surface area (Å²) in [5.41, 5.74) is 3.97. The Morgan fingerprint density at radius 1 is 0.909 bits per heavy atom. The summed E-state index contributed by atoms with van der Waals surface area (Å²) in [5, 5.41) is 12.8. The average molecular weight is 457 g/mol. The smallest absolute Gasteiger partial charge is 0.242 e. The van der Waals surface area contributed by atoms with Crippen LogP contribution < -0.4 is 10.6 Å². The van der Waals surface area contributed by atoms with Gasteiger partial charge in [0.05, 0.1) is 12.1 Å². The average Bonchev–Trinajstić information content (AvgIpc) is 3.41. The quantitative estimate of drug-likeness (QED) is 0.435. The zero-order valence-corrected chi connectivity index (χ0v) is 18.9. The molecule has 7 heteroatoms. The molecule has 6 nitrogen and oxygen atoms in total. The highest BCUT2D eigenvalue weighted by molar-refractivity contribution is 7.98. The van der Waals surface area contributed by atoms with E-state index >= 15 is 0 Å². The number of thioether (sulfide) groups is 1. The van der Waals surface area contributed by atoms with Gasteiger partial charge < -0.3 is 10.6 Å². The maximum absolute atomic E-state index is 13.0. The highest BCUT2D eigenvalue weighted by atomic mass is 32.2. The first-order valence-electron chi connectivity index (χ1n) is 10.9. The largest absolute Gasteiger partial charge is 0.350 e. The van der Waals surface area contributed by atoms with Gasteiger partial charge in [0, 0.05) is 23.6 Å². The molecule has 33 heavy (non-hydrogen) atoms. The van der Waals surface area contributed by atoms with Gasteiger partial charge in [-0.1, -0.05) is 72.8 Å². The third kappa shape index (κ3) is 4.78. The number of hydrogen-bond acceptors (Lipinski definition) is 4. The lowest BCUT2D eigenvalue weighted by Gasteiger charge is -2.12. The predicted molar refractivity (Wildman–Crippen MR) is 132 cm³/mol. The minimum Gasteiger partial charge on any atom is -0.350 e. The lowest BCUT2D eigenvalue weighted by atomic mass is 10.0. The minimum absolute atomic E-state index is 0.0639. The summed E-state index contributed by atoms with van der Waals surface area (Å²) >= 11 is 1.76. The molecule has 0 saturated heterocycles. The number of nitrogens with zero attached hydrogens (tertiary/aromatic N) is 2. The summed E-state index contributed by atoms with van der Waals surface area (Å²) < 4.78 is 1.63. The molecular formula is C26H24N4O2S. The monoisotopic (exact) mass is 456 g/mol. The SMILES string of the molecule is O=C(Cn1nc2c(c1NC(=O)Cc1cccc3ccccc13)CSC2)NCc1ccccc1. The summed E-state index contributed by atoms with van der Waals surface area (Å²) in [6.45, 7) is 0.521. The van der Waals surface area contributed by atoms with Crippen LogP contribution in [-0.2, 0) is 40.6 Å². The Balaban J connectivity index is 1.30. The van der Waals surface area contributed by atoms with E-state index in [2.05, 4.69) is 15.7 Å². The normalized spacial score (nSPS) is 12.5. The van der Waals surface area contributed by atoms with Crippen molar-refractivity contribution in [1.29, 1.82) is 0 Å². The number of carbonyl (C=O) groups excluding carboxylic acids is 2. The first kappa shape index (κ1) is 21.3. The predicted octanol–water partition coefficient (Wildman–Crippen LogP) is 4.28. The molecule has 2 amide bonds. The Kier molecular flexibility index (Phi) is 6.13. The molecule has 166 valence electrons. The van der Waals surface area contributed by atoms with Crippen LogP contribution in [0.3, 0.4) is 0 Å². The van der Waals surface area contributed by atoms with Crippen LogP contribution in [-0.4, -0.2) is 21.6 Å². The highest BCUT2D eigenvalue weighted by Crippen LogP contribution is 2.34. The van der Waals surface area contributed by atoms with Crippen molar-refractivity contribution >= 4 is 40.2 Å². The second-order valence-corrected chi connectivity index (χ2v) is 9.04. The first-order chi connectivity index (χ1) is 16.2. The van der Waals surface area contributed by atoms with Gasteiger partial charge in [0.1, 0.15) is 12.4 Å². The van der Waals surface area contributed by atoms with Crippen LogP contribution in [0.5, 0.6) is 0 Å². The third-order valence-electron chi connectivity index (χ3n) is 5.73. The summed E-state index contributed by atoms with van der Waals surface area (Å²) in [4.78, 5) is 25.6. The topological polar surface area (TPSA) is 76.0 Å². The molecule has 2 N–H and O–H groups in total. The van der Waals surface area contributed by atoms with E-state index in [0.717, 1.165) is 44.7 Å². The Morgan fingerprint density at radius 2 is 1.70 bits per heavy atom. The van der Waals surface area contributed by atoms with E-state index < -0.39 is 0 Å². The Morgan fingerprint density at radius 3 is 2.58 bits per heavy atom. The fourth-order valence-electron chi connectivity index (χ4n) is 4.10. The number of benzene rings is 3. The fourth-order valence-corrected chi connectivity index (χ4v) is 5.14. The first-order valence-corrected chi connectivity index (χ1v) is 12.1. The van der Waals surface area contributed by atoms with E-state index in [-0.39, 0.29) is 24.8 Å². The summed E-state index contributed by atoms with van der Waals surface area (Å²) in [6.07, 6.45) is 0.259. The van der Waals surface area contributed by atoms with E-state index in [1.807, 2.05) is 72.8 Å². The summed E-state index contributed by atoms with van der Waals surface area (Å²) in [5.74, 6) is 1.95.